The van der Waals surface area contributed by atoms with Gasteiger partial charge in [0, 0.05) is 18.2 Å². The number of amides is 1. The Morgan fingerprint density at radius 1 is 1.47 bits per heavy atom. The summed E-state index contributed by atoms with van der Waals surface area (Å²) in [5, 5.41) is 2.56. The summed E-state index contributed by atoms with van der Waals surface area (Å²) in [6, 6.07) is 3.19. The first-order valence-electron chi connectivity index (χ1n) is 5.83. The van der Waals surface area contributed by atoms with E-state index < -0.39 is 17.0 Å². The summed E-state index contributed by atoms with van der Waals surface area (Å²) in [5.41, 5.74) is 4.79. The molecule has 0 radical (unpaired) electrons. The highest BCUT2D eigenvalue weighted by atomic mass is 32.1. The molecule has 19 heavy (non-hydrogen) atoms. The molecule has 0 saturated heterocycles. The Bertz CT molecular complexity index is 507. The predicted molar refractivity (Wildman–Crippen MR) is 73.4 cm³/mol. The maximum absolute atomic E-state index is 13.4. The summed E-state index contributed by atoms with van der Waals surface area (Å²) in [7, 11) is 0. The first-order chi connectivity index (χ1) is 8.81. The molecular formula is C13H16F2N2OS. The van der Waals surface area contributed by atoms with E-state index in [1.165, 1.54) is 6.07 Å². The topological polar surface area (TPSA) is 55.1 Å². The van der Waals surface area contributed by atoms with Crippen LogP contribution in [0.2, 0.25) is 0 Å². The molecule has 0 heterocycles. The average Bonchev–Trinajstić information content (AvgIpc) is 2.36. The van der Waals surface area contributed by atoms with Gasteiger partial charge in [-0.1, -0.05) is 25.2 Å². The molecule has 3 nitrogen and oxygen atoms in total. The monoisotopic (exact) mass is 286 g/mol. The van der Waals surface area contributed by atoms with Gasteiger partial charge in [-0.05, 0) is 19.4 Å². The number of halogens is 2. The number of benzene rings is 1. The van der Waals surface area contributed by atoms with Crippen molar-refractivity contribution in [2.24, 2.45) is 11.1 Å². The van der Waals surface area contributed by atoms with E-state index >= 15 is 0 Å². The Balaban J connectivity index is 2.76. The van der Waals surface area contributed by atoms with E-state index in [4.69, 9.17) is 18.0 Å². The fourth-order valence-corrected chi connectivity index (χ4v) is 1.72. The Hall–Kier alpha value is -1.56. The molecule has 104 valence electrons. The fraction of sp³-hybridized carbons (Fsp3) is 0.385. The van der Waals surface area contributed by atoms with Gasteiger partial charge in [0.15, 0.2) is 0 Å². The lowest BCUT2D eigenvalue weighted by atomic mass is 9.86. The molecule has 0 fully saturated rings. The second-order valence-electron chi connectivity index (χ2n) is 4.47. The molecule has 1 amide bonds. The number of nitrogens with one attached hydrogen (secondary N) is 1. The largest absolute Gasteiger partial charge is 0.392 e. The van der Waals surface area contributed by atoms with Crippen molar-refractivity contribution in [2.75, 3.05) is 0 Å². The van der Waals surface area contributed by atoms with Crippen LogP contribution >= 0.6 is 12.2 Å². The normalized spacial score (nSPS) is 13.7. The molecule has 1 unspecified atom stereocenters. The number of nitrogens with two attached hydrogens (primary N) is 1. The lowest BCUT2D eigenvalue weighted by Crippen LogP contribution is -2.46. The van der Waals surface area contributed by atoms with E-state index in [1.54, 1.807) is 13.8 Å². The number of hydrogen-bond donors (Lipinski definition) is 2. The summed E-state index contributed by atoms with van der Waals surface area (Å²) in [6.07, 6.45) is 0.445. The van der Waals surface area contributed by atoms with Crippen LogP contribution in [0, 0.1) is 17.0 Å². The zero-order valence-corrected chi connectivity index (χ0v) is 11.6. The summed E-state index contributed by atoms with van der Waals surface area (Å²) >= 11 is 4.87. The molecule has 0 spiro atoms. The summed E-state index contributed by atoms with van der Waals surface area (Å²) in [6.45, 7) is 3.38. The number of carbonyl (C=O) groups excluding carboxylic acids is 1. The van der Waals surface area contributed by atoms with E-state index in [0.717, 1.165) is 12.1 Å². The SMILES string of the molecule is CCC(C)(C(=O)NCc1ccc(F)cc1F)C(N)=S. The smallest absolute Gasteiger partial charge is 0.233 e. The van der Waals surface area contributed by atoms with Crippen molar-refractivity contribution in [3.05, 3.63) is 35.4 Å². The Morgan fingerprint density at radius 2 is 2.11 bits per heavy atom. The van der Waals surface area contributed by atoms with Crippen molar-refractivity contribution in [3.8, 4) is 0 Å². The molecule has 6 heteroatoms. The van der Waals surface area contributed by atoms with Crippen molar-refractivity contribution < 1.29 is 13.6 Å². The van der Waals surface area contributed by atoms with E-state index in [-0.39, 0.29) is 23.0 Å². The maximum Gasteiger partial charge on any atom is 0.233 e. The van der Waals surface area contributed by atoms with Gasteiger partial charge in [0.1, 0.15) is 11.6 Å². The highest BCUT2D eigenvalue weighted by Gasteiger charge is 2.34. The van der Waals surface area contributed by atoms with Crippen molar-refractivity contribution in [3.63, 3.8) is 0 Å². The molecule has 1 aromatic rings. The van der Waals surface area contributed by atoms with Crippen molar-refractivity contribution >= 4 is 23.1 Å². The summed E-state index contributed by atoms with van der Waals surface area (Å²) in [4.78, 5) is 12.1. The third-order valence-electron chi connectivity index (χ3n) is 3.21. The predicted octanol–water partition coefficient (Wildman–Crippen LogP) is 2.28. The lowest BCUT2D eigenvalue weighted by Gasteiger charge is -2.25. The van der Waals surface area contributed by atoms with Crippen molar-refractivity contribution in [2.45, 2.75) is 26.8 Å². The molecule has 1 aromatic carbocycles. The number of carbonyl (C=O) groups is 1. The first kappa shape index (κ1) is 15.5. The van der Waals surface area contributed by atoms with Gasteiger partial charge < -0.3 is 11.1 Å². The minimum Gasteiger partial charge on any atom is -0.392 e. The van der Waals surface area contributed by atoms with E-state index in [0.29, 0.717) is 6.42 Å². The number of hydrogen-bond acceptors (Lipinski definition) is 2. The van der Waals surface area contributed by atoms with Crippen molar-refractivity contribution in [1.82, 2.24) is 5.32 Å². The van der Waals surface area contributed by atoms with Crippen LogP contribution in [0.3, 0.4) is 0 Å². The van der Waals surface area contributed by atoms with Gasteiger partial charge in [-0.2, -0.15) is 0 Å². The standard InChI is InChI=1S/C13H16F2N2OS/c1-3-13(2,11(16)19)12(18)17-7-8-4-5-9(14)6-10(8)15/h4-6H,3,7H2,1-2H3,(H2,16,19)(H,17,18). The second-order valence-corrected chi connectivity index (χ2v) is 4.91. The van der Waals surface area contributed by atoms with E-state index in [9.17, 15) is 13.6 Å². The van der Waals surface area contributed by atoms with Crippen molar-refractivity contribution in [1.29, 1.82) is 0 Å². The van der Waals surface area contributed by atoms with Crippen LogP contribution < -0.4 is 11.1 Å². The van der Waals surface area contributed by atoms with Gasteiger partial charge in [0.2, 0.25) is 5.91 Å². The van der Waals surface area contributed by atoms with Crippen LogP contribution in [0.4, 0.5) is 8.78 Å². The third kappa shape index (κ3) is 3.47. The van der Waals surface area contributed by atoms with Crippen LogP contribution in [0.5, 0.6) is 0 Å². The quantitative estimate of drug-likeness (QED) is 0.817. The molecule has 0 aliphatic heterocycles. The van der Waals surface area contributed by atoms with Gasteiger partial charge in [-0.25, -0.2) is 8.78 Å². The van der Waals surface area contributed by atoms with Gasteiger partial charge in [0.05, 0.1) is 10.4 Å². The van der Waals surface area contributed by atoms with Gasteiger partial charge >= 0.3 is 0 Å². The van der Waals surface area contributed by atoms with E-state index in [2.05, 4.69) is 5.32 Å². The van der Waals surface area contributed by atoms with Crippen LogP contribution in [0.15, 0.2) is 18.2 Å². The van der Waals surface area contributed by atoms with E-state index in [1.807, 2.05) is 0 Å². The minimum absolute atomic E-state index is 0.0385. The third-order valence-corrected chi connectivity index (χ3v) is 3.66. The molecule has 3 N–H and O–H groups in total. The zero-order valence-electron chi connectivity index (χ0n) is 10.8. The molecule has 0 saturated carbocycles. The second kappa shape index (κ2) is 6.06. The molecule has 0 aliphatic rings. The van der Waals surface area contributed by atoms with Crippen LogP contribution in [-0.2, 0) is 11.3 Å². The zero-order chi connectivity index (χ0) is 14.6. The fourth-order valence-electron chi connectivity index (χ4n) is 1.48. The lowest BCUT2D eigenvalue weighted by molar-refractivity contribution is -0.127. The summed E-state index contributed by atoms with van der Waals surface area (Å²) in [5.74, 6) is -1.73. The minimum atomic E-state index is -0.966. The Labute approximate surface area is 116 Å². The number of thiocarbonyl (C=S) groups is 1. The van der Waals surface area contributed by atoms with Crippen LogP contribution in [-0.4, -0.2) is 10.9 Å². The Morgan fingerprint density at radius 3 is 2.58 bits per heavy atom. The highest BCUT2D eigenvalue weighted by molar-refractivity contribution is 7.80. The summed E-state index contributed by atoms with van der Waals surface area (Å²) < 4.78 is 26.1. The maximum atomic E-state index is 13.4. The molecular weight excluding hydrogens is 270 g/mol. The average molecular weight is 286 g/mol. The molecule has 1 atom stereocenters. The Kier molecular flexibility index (Phi) is 4.94. The molecule has 0 aromatic heterocycles. The molecule has 0 aliphatic carbocycles. The van der Waals surface area contributed by atoms with Crippen LogP contribution in [0.1, 0.15) is 25.8 Å². The molecule has 0 bridgehead atoms. The molecule has 1 rings (SSSR count). The number of rotatable bonds is 5. The highest BCUT2D eigenvalue weighted by Crippen LogP contribution is 2.22. The van der Waals surface area contributed by atoms with Crippen LogP contribution in [0.25, 0.3) is 0 Å². The van der Waals surface area contributed by atoms with Gasteiger partial charge in [0.25, 0.3) is 0 Å². The van der Waals surface area contributed by atoms with Gasteiger partial charge in [-0.3, -0.25) is 4.79 Å². The first-order valence-corrected chi connectivity index (χ1v) is 6.24. The van der Waals surface area contributed by atoms with Gasteiger partial charge in [-0.15, -0.1) is 0 Å².